The molecule has 0 atom stereocenters. The average Bonchev–Trinajstić information content (AvgIpc) is 2.26. The van der Waals surface area contributed by atoms with E-state index < -0.39 is 5.97 Å². The molecule has 0 radical (unpaired) electrons. The highest BCUT2D eigenvalue weighted by Gasteiger charge is 2.22. The normalized spacial score (nSPS) is 11.1. The zero-order valence-corrected chi connectivity index (χ0v) is 11.7. The molecule has 1 N–H and O–H groups in total. The summed E-state index contributed by atoms with van der Waals surface area (Å²) in [5.74, 6) is -1.11. The maximum atomic E-state index is 12.2. The summed E-state index contributed by atoms with van der Waals surface area (Å²) in [6.45, 7) is 5.97. The zero-order chi connectivity index (χ0) is 14.5. The highest BCUT2D eigenvalue weighted by Crippen LogP contribution is 2.20. The summed E-state index contributed by atoms with van der Waals surface area (Å²) in [5.41, 5.74) is 0.788. The van der Waals surface area contributed by atoms with Crippen molar-refractivity contribution in [1.29, 1.82) is 0 Å². The van der Waals surface area contributed by atoms with E-state index in [9.17, 15) is 9.59 Å². The number of benzene rings is 1. The van der Waals surface area contributed by atoms with E-state index in [1.165, 1.54) is 4.90 Å². The number of amides is 1. The molecule has 0 fully saturated rings. The third kappa shape index (κ3) is 6.04. The van der Waals surface area contributed by atoms with Gasteiger partial charge in [0.25, 0.3) is 0 Å². The van der Waals surface area contributed by atoms with Gasteiger partial charge < -0.3 is 10.0 Å². The smallest absolute Gasteiger partial charge is 0.323 e. The summed E-state index contributed by atoms with van der Waals surface area (Å²) in [7, 11) is 0. The van der Waals surface area contributed by atoms with Gasteiger partial charge in [-0.3, -0.25) is 9.59 Å². The SMILES string of the molecule is CC(C)(C)CC(=O)N(CC(=O)O)Cc1ccccc1. The molecule has 19 heavy (non-hydrogen) atoms. The molecule has 0 aliphatic carbocycles. The first-order valence-corrected chi connectivity index (χ1v) is 6.31. The van der Waals surface area contributed by atoms with Crippen molar-refractivity contribution >= 4 is 11.9 Å². The van der Waals surface area contributed by atoms with Crippen molar-refractivity contribution in [2.45, 2.75) is 33.7 Å². The second-order valence-electron chi connectivity index (χ2n) is 5.87. The van der Waals surface area contributed by atoms with Gasteiger partial charge in [-0.05, 0) is 11.0 Å². The minimum Gasteiger partial charge on any atom is -0.480 e. The van der Waals surface area contributed by atoms with Crippen molar-refractivity contribution in [3.05, 3.63) is 35.9 Å². The first-order chi connectivity index (χ1) is 8.78. The van der Waals surface area contributed by atoms with Gasteiger partial charge in [-0.15, -0.1) is 0 Å². The molecular weight excluding hydrogens is 242 g/mol. The fourth-order valence-corrected chi connectivity index (χ4v) is 1.76. The molecule has 1 aromatic rings. The number of carbonyl (C=O) groups excluding carboxylic acids is 1. The number of nitrogens with zero attached hydrogens (tertiary/aromatic N) is 1. The highest BCUT2D eigenvalue weighted by atomic mass is 16.4. The zero-order valence-electron chi connectivity index (χ0n) is 11.7. The molecule has 0 spiro atoms. The lowest BCUT2D eigenvalue weighted by Crippen LogP contribution is -2.37. The van der Waals surface area contributed by atoms with Crippen LogP contribution in [0.15, 0.2) is 30.3 Å². The lowest BCUT2D eigenvalue weighted by Gasteiger charge is -2.25. The van der Waals surface area contributed by atoms with Crippen molar-refractivity contribution in [3.8, 4) is 0 Å². The molecule has 104 valence electrons. The van der Waals surface area contributed by atoms with Gasteiger partial charge in [0.2, 0.25) is 5.91 Å². The molecule has 0 unspecified atom stereocenters. The standard InChI is InChI=1S/C15H21NO3/c1-15(2,3)9-13(17)16(11-14(18)19)10-12-7-5-4-6-8-12/h4-8H,9-11H2,1-3H3,(H,18,19). The van der Waals surface area contributed by atoms with Gasteiger partial charge >= 0.3 is 5.97 Å². The van der Waals surface area contributed by atoms with Crippen LogP contribution in [0.3, 0.4) is 0 Å². The molecule has 0 aromatic heterocycles. The van der Waals surface area contributed by atoms with Gasteiger partial charge in [0, 0.05) is 13.0 Å². The Hall–Kier alpha value is -1.84. The Balaban J connectivity index is 2.77. The van der Waals surface area contributed by atoms with E-state index in [4.69, 9.17) is 5.11 Å². The molecule has 1 amide bonds. The molecule has 0 bridgehead atoms. The maximum Gasteiger partial charge on any atom is 0.323 e. The van der Waals surface area contributed by atoms with E-state index in [2.05, 4.69) is 0 Å². The molecule has 0 aliphatic heterocycles. The Bertz CT molecular complexity index is 434. The van der Waals surface area contributed by atoms with Crippen molar-refractivity contribution in [1.82, 2.24) is 4.90 Å². The molecular formula is C15H21NO3. The largest absolute Gasteiger partial charge is 0.480 e. The predicted octanol–water partition coefficient (Wildman–Crippen LogP) is 2.54. The second kappa shape index (κ2) is 6.36. The Kier molecular flexibility index (Phi) is 5.10. The topological polar surface area (TPSA) is 57.6 Å². The van der Waals surface area contributed by atoms with Gasteiger partial charge in [0.15, 0.2) is 0 Å². The van der Waals surface area contributed by atoms with Crippen LogP contribution in [0.5, 0.6) is 0 Å². The summed E-state index contributed by atoms with van der Waals surface area (Å²) < 4.78 is 0. The summed E-state index contributed by atoms with van der Waals surface area (Å²) in [6.07, 6.45) is 0.340. The number of rotatable bonds is 5. The quantitative estimate of drug-likeness (QED) is 0.888. The van der Waals surface area contributed by atoms with Crippen LogP contribution >= 0.6 is 0 Å². The Labute approximate surface area is 114 Å². The molecule has 0 heterocycles. The second-order valence-corrected chi connectivity index (χ2v) is 5.87. The van der Waals surface area contributed by atoms with Gasteiger partial charge in [-0.25, -0.2) is 0 Å². The molecule has 1 aromatic carbocycles. The number of carbonyl (C=O) groups is 2. The summed E-state index contributed by atoms with van der Waals surface area (Å²) in [5, 5.41) is 8.92. The Morgan fingerprint density at radius 1 is 1.16 bits per heavy atom. The molecule has 0 saturated carbocycles. The lowest BCUT2D eigenvalue weighted by molar-refractivity contribution is -0.145. The van der Waals surface area contributed by atoms with E-state index in [0.717, 1.165) is 5.56 Å². The fourth-order valence-electron chi connectivity index (χ4n) is 1.76. The number of hydrogen-bond acceptors (Lipinski definition) is 2. The van der Waals surface area contributed by atoms with Gasteiger partial charge in [0.05, 0.1) is 0 Å². The van der Waals surface area contributed by atoms with Crippen LogP contribution in [0.1, 0.15) is 32.8 Å². The van der Waals surface area contributed by atoms with E-state index in [1.54, 1.807) is 0 Å². The van der Waals surface area contributed by atoms with Crippen LogP contribution in [-0.2, 0) is 16.1 Å². The number of carboxylic acid groups (broad SMARTS) is 1. The minimum absolute atomic E-state index is 0.126. The summed E-state index contributed by atoms with van der Waals surface area (Å²) >= 11 is 0. The average molecular weight is 263 g/mol. The van der Waals surface area contributed by atoms with E-state index >= 15 is 0 Å². The summed E-state index contributed by atoms with van der Waals surface area (Å²) in [6, 6.07) is 9.42. The van der Waals surface area contributed by atoms with Crippen molar-refractivity contribution in [2.75, 3.05) is 6.54 Å². The maximum absolute atomic E-state index is 12.2. The van der Waals surface area contributed by atoms with Crippen molar-refractivity contribution < 1.29 is 14.7 Å². The molecule has 0 aliphatic rings. The van der Waals surface area contributed by atoms with E-state index in [-0.39, 0.29) is 17.9 Å². The third-order valence-electron chi connectivity index (χ3n) is 2.58. The van der Waals surface area contributed by atoms with Gasteiger partial charge in [-0.1, -0.05) is 51.1 Å². The monoisotopic (exact) mass is 263 g/mol. The number of aliphatic carboxylic acids is 1. The molecule has 0 saturated heterocycles. The van der Waals surface area contributed by atoms with Crippen LogP contribution in [0.4, 0.5) is 0 Å². The lowest BCUT2D eigenvalue weighted by atomic mass is 9.91. The van der Waals surface area contributed by atoms with E-state index in [1.807, 2.05) is 51.1 Å². The van der Waals surface area contributed by atoms with Crippen LogP contribution in [0.2, 0.25) is 0 Å². The Morgan fingerprint density at radius 3 is 2.21 bits per heavy atom. The van der Waals surface area contributed by atoms with Crippen molar-refractivity contribution in [3.63, 3.8) is 0 Å². The number of hydrogen-bond donors (Lipinski definition) is 1. The minimum atomic E-state index is -0.988. The van der Waals surface area contributed by atoms with Crippen LogP contribution < -0.4 is 0 Å². The highest BCUT2D eigenvalue weighted by molar-refractivity contribution is 5.81. The first-order valence-electron chi connectivity index (χ1n) is 6.31. The first kappa shape index (κ1) is 15.2. The van der Waals surface area contributed by atoms with Gasteiger partial charge in [0.1, 0.15) is 6.54 Å². The van der Waals surface area contributed by atoms with E-state index in [0.29, 0.717) is 13.0 Å². The fraction of sp³-hybridized carbons (Fsp3) is 0.467. The Morgan fingerprint density at radius 2 is 1.74 bits per heavy atom. The van der Waals surface area contributed by atoms with Gasteiger partial charge in [-0.2, -0.15) is 0 Å². The molecule has 4 heteroatoms. The van der Waals surface area contributed by atoms with Crippen LogP contribution in [0.25, 0.3) is 0 Å². The molecule has 4 nitrogen and oxygen atoms in total. The summed E-state index contributed by atoms with van der Waals surface area (Å²) in [4.78, 5) is 24.4. The van der Waals surface area contributed by atoms with Crippen LogP contribution in [-0.4, -0.2) is 28.4 Å². The third-order valence-corrected chi connectivity index (χ3v) is 2.58. The predicted molar refractivity (Wildman–Crippen MR) is 73.6 cm³/mol. The number of carboxylic acids is 1. The molecule has 1 rings (SSSR count). The van der Waals surface area contributed by atoms with Crippen LogP contribution in [0, 0.1) is 5.41 Å². The van der Waals surface area contributed by atoms with Crippen molar-refractivity contribution in [2.24, 2.45) is 5.41 Å².